The molecule has 6 saturated heterocycles. The van der Waals surface area contributed by atoms with Crippen LogP contribution < -0.4 is 21.3 Å². The van der Waals surface area contributed by atoms with Crippen LogP contribution in [0.1, 0.15) is 311 Å². The van der Waals surface area contributed by atoms with E-state index in [9.17, 15) is 151 Å². The Kier molecular flexibility index (Phi) is 58.3. The summed E-state index contributed by atoms with van der Waals surface area (Å²) in [6.07, 6.45) is -24.6. The molecule has 6 aliphatic rings. The van der Waals surface area contributed by atoms with Gasteiger partial charge in [-0.3, -0.25) is 19.2 Å². The minimum atomic E-state index is -3.70. The number of ketones is 1. The van der Waals surface area contributed by atoms with E-state index in [1.54, 1.807) is 0 Å². The summed E-state index contributed by atoms with van der Waals surface area (Å²) >= 11 is 0. The molecule has 0 bridgehead atoms. The third-order valence-electron chi connectivity index (χ3n) is 28.1. The first-order valence-corrected chi connectivity index (χ1v) is 52.4. The van der Waals surface area contributed by atoms with Crippen LogP contribution in [0.3, 0.4) is 0 Å². The number of aliphatic hydroxyl groups is 19. The van der Waals surface area contributed by atoms with Gasteiger partial charge < -0.3 is 195 Å². The maximum Gasteiger partial charge on any atom is 0.364 e. The van der Waals surface area contributed by atoms with E-state index in [0.29, 0.717) is 12.8 Å². The molecule has 46 nitrogen and oxygen atoms in total. The maximum absolute atomic E-state index is 14.5. The molecule has 0 spiro atoms. The lowest BCUT2D eigenvalue weighted by atomic mass is 9.86. The van der Waals surface area contributed by atoms with Crippen LogP contribution in [-0.4, -0.2) is 413 Å². The summed E-state index contributed by atoms with van der Waals surface area (Å²) in [7, 11) is 0. The topological polar surface area (TPSA) is 741 Å². The molecule has 0 aromatic rings. The van der Waals surface area contributed by atoms with Gasteiger partial charge in [0.15, 0.2) is 18.9 Å². The third-order valence-corrected chi connectivity index (χ3v) is 28.1. The molecule has 0 aliphatic carbocycles. The molecule has 3 unspecified atom stereocenters. The number of hydrogen-bond donors (Lipinski definition) is 26. The number of hydrogen-bond acceptors (Lipinski definition) is 39. The number of aliphatic carboxylic acids is 3. The van der Waals surface area contributed by atoms with Crippen LogP contribution in [0.15, 0.2) is 0 Å². The van der Waals surface area contributed by atoms with Crippen molar-refractivity contribution < 1.29 is 208 Å². The molecule has 0 aromatic carbocycles. The molecular weight excluding hydrogens is 1910 g/mol. The number of ether oxygens (including phenoxy) is 12. The van der Waals surface area contributed by atoms with Crippen molar-refractivity contribution >= 4 is 47.3 Å². The lowest BCUT2D eigenvalue weighted by Gasteiger charge is -2.53. The zero-order chi connectivity index (χ0) is 107. The third kappa shape index (κ3) is 38.8. The van der Waals surface area contributed by atoms with Gasteiger partial charge in [0.2, 0.25) is 23.6 Å². The molecule has 0 radical (unpaired) electrons. The summed E-state index contributed by atoms with van der Waals surface area (Å²) in [6.45, 7) is -0.460. The van der Waals surface area contributed by atoms with E-state index >= 15 is 0 Å². The molecule has 0 aromatic heterocycles. The van der Waals surface area contributed by atoms with E-state index in [1.807, 2.05) is 0 Å². The standard InChI is InChI=1S/C98H174N4O42/c1-7-9-11-13-15-17-19-21-22-23-24-25-26-27-28-29-30-32-34-36-38-40-42-44-72(118)102-61(62(113)43-41-39-37-35-33-31-20-18-16-14-12-10-8-2)55-133-91-82(125)81(124)84(70(53-107)135-91)137-92-83(126)89(85(71(54-108)136-92)138-90-60(45-56(3)109)76(119)78(121)67(50-104)134-90)144-98(95(131)132)48-65(116)75(101-59(6)112)88(143-98)80(123)69(52-106)140-97(94(129)130)47-64(115)74(100-58(5)111)87(142-97)79(122)68(51-105)139-96(93(127)128)46-63(114)73(99-57(4)110)86(141-96)77(120)66(117)49-103/h60-71,73-92,103-108,113-117,119-126H,7-55H2,1-6H3,(H,99,110)(H,100,111)(H,101,112)(H,102,118)(H,127,128)(H,129,130)(H,131,132)/t60-,61+,62-,63+,64+,65+,66-,67-,68-,69-,70-,71-,73-,74-,75-,76-,77-,78+,79-,80-,81-,82-,83-,84-,85+,86?,87?,88?,89-,90+,91-,92+,96-,97-,98+/m1/s1. The van der Waals surface area contributed by atoms with E-state index in [2.05, 4.69) is 35.1 Å². The number of carbonyl (C=O) groups excluding carboxylic acids is 5. The maximum atomic E-state index is 14.5. The quantitative estimate of drug-likeness (QED) is 0.0354. The first kappa shape index (κ1) is 127. The molecule has 6 rings (SSSR count). The van der Waals surface area contributed by atoms with Crippen molar-refractivity contribution in [1.29, 1.82) is 0 Å². The van der Waals surface area contributed by atoms with E-state index in [0.717, 1.165) is 98.3 Å². The Morgan fingerprint density at radius 2 is 0.715 bits per heavy atom. The van der Waals surface area contributed by atoms with Gasteiger partial charge in [0.25, 0.3) is 17.4 Å². The van der Waals surface area contributed by atoms with Crippen LogP contribution in [0, 0.1) is 5.92 Å². The van der Waals surface area contributed by atoms with Crippen LogP contribution in [-0.2, 0) is 95.2 Å². The average Bonchev–Trinajstić information content (AvgIpc) is 0.744. The van der Waals surface area contributed by atoms with Crippen LogP contribution in [0.4, 0.5) is 0 Å². The second-order valence-corrected chi connectivity index (χ2v) is 39.9. The van der Waals surface area contributed by atoms with Crippen LogP contribution in [0.25, 0.3) is 0 Å². The lowest BCUT2D eigenvalue weighted by Crippen LogP contribution is -2.72. The molecule has 6 heterocycles. The molecular formula is C98H174N4O42. The Morgan fingerprint density at radius 3 is 1.08 bits per heavy atom. The normalized spacial score (nSPS) is 32.7. The number of carboxylic acids is 3. The number of rotatable bonds is 73. The van der Waals surface area contributed by atoms with Crippen molar-refractivity contribution in [3.05, 3.63) is 0 Å². The molecule has 35 atom stereocenters. The second kappa shape index (κ2) is 65.9. The summed E-state index contributed by atoms with van der Waals surface area (Å²) in [5, 5.41) is 262. The first-order chi connectivity index (χ1) is 68.6. The zero-order valence-corrected chi connectivity index (χ0v) is 84.6. The molecule has 4 amide bonds. The number of carboxylic acid groups (broad SMARTS) is 3. The summed E-state index contributed by atoms with van der Waals surface area (Å²) in [4.78, 5) is 107. The van der Waals surface area contributed by atoms with Crippen LogP contribution >= 0.6 is 0 Å². The van der Waals surface area contributed by atoms with E-state index in [-0.39, 0.29) is 12.8 Å². The minimum absolute atomic E-state index is 0.108. The predicted octanol–water partition coefficient (Wildman–Crippen LogP) is -0.0836. The van der Waals surface area contributed by atoms with Crippen molar-refractivity contribution in [2.75, 3.05) is 46.2 Å². The Balaban J connectivity index is 1.26. The van der Waals surface area contributed by atoms with Gasteiger partial charge in [-0.2, -0.15) is 0 Å². The molecule has 838 valence electrons. The highest BCUT2D eigenvalue weighted by molar-refractivity contribution is 5.79. The number of aliphatic hydroxyl groups excluding tert-OH is 19. The van der Waals surface area contributed by atoms with E-state index in [1.165, 1.54) is 148 Å². The van der Waals surface area contributed by atoms with E-state index in [4.69, 9.17) is 56.8 Å². The fourth-order valence-corrected chi connectivity index (χ4v) is 20.0. The van der Waals surface area contributed by atoms with E-state index < -0.39 is 332 Å². The van der Waals surface area contributed by atoms with Crippen molar-refractivity contribution in [2.45, 2.75) is 518 Å². The molecule has 46 heteroatoms. The van der Waals surface area contributed by atoms with Gasteiger partial charge in [0.1, 0.15) is 122 Å². The summed E-state index contributed by atoms with van der Waals surface area (Å²) < 4.78 is 72.2. The van der Waals surface area contributed by atoms with Crippen molar-refractivity contribution in [3.8, 4) is 0 Å². The van der Waals surface area contributed by atoms with Crippen LogP contribution in [0.2, 0.25) is 0 Å². The van der Waals surface area contributed by atoms with Gasteiger partial charge in [-0.1, -0.05) is 239 Å². The fraction of sp³-hybridized carbons (Fsp3) is 0.918. The monoisotopic (exact) mass is 2080 g/mol. The number of Topliss-reactive ketones (excluding diaryl/α,β-unsaturated/α-hetero) is 1. The largest absolute Gasteiger partial charge is 0.477 e. The smallest absolute Gasteiger partial charge is 0.364 e. The lowest BCUT2D eigenvalue weighted by molar-refractivity contribution is -0.404. The Hall–Kier alpha value is -5.28. The highest BCUT2D eigenvalue weighted by Crippen LogP contribution is 2.45. The first-order valence-electron chi connectivity index (χ1n) is 52.4. The number of nitrogens with one attached hydrogen (secondary N) is 4. The number of amides is 4. The fourth-order valence-electron chi connectivity index (χ4n) is 20.0. The number of unbranched alkanes of at least 4 members (excludes halogenated alkanes) is 34. The highest BCUT2D eigenvalue weighted by atomic mass is 16.8. The summed E-state index contributed by atoms with van der Waals surface area (Å²) in [5.41, 5.74) is 0. The molecule has 0 saturated carbocycles. The minimum Gasteiger partial charge on any atom is -0.477 e. The Morgan fingerprint density at radius 1 is 0.368 bits per heavy atom. The van der Waals surface area contributed by atoms with Crippen molar-refractivity contribution in [2.24, 2.45) is 5.92 Å². The van der Waals surface area contributed by atoms with Crippen molar-refractivity contribution in [1.82, 2.24) is 21.3 Å². The number of carbonyl (C=O) groups is 8. The average molecular weight is 2080 g/mol. The summed E-state index contributed by atoms with van der Waals surface area (Å²) in [5.74, 6) is -23.5. The SMILES string of the molecule is CCCCCCCCCCCCCCCCCCCCCCCCCC(=O)N[C@@H](CO[C@@H]1O[C@H](CO)[C@@H](O[C@@H]2O[C@H](CO)[C@H](O[C@@H]3O[C@H](CO)[C@H](O)[C@H](O)[C@H]3CC(C)=O)[C@H](O[C@]3(C(=O)O)C[C@H](O)[C@@H](NC(C)=O)C([C@H](O)[C@@H](CO)O[C@]4(C(=O)O)C[C@H](O)[C@@H](NC(C)=O)C([C@H](O)[C@@H](CO)O[C@]5(C(=O)O)C[C@H](O)[C@@H](NC(C)=O)C([C@H](O)[C@H](O)CO)O5)O4)O3)[C@H]2O)[C@H](O)[C@H]1O)[C@H](O)CCCCCCCCCCCCCCC. The molecule has 6 fully saturated rings. The predicted molar refractivity (Wildman–Crippen MR) is 507 cm³/mol. The molecule has 26 N–H and O–H groups in total. The highest BCUT2D eigenvalue weighted by Gasteiger charge is 2.65. The van der Waals surface area contributed by atoms with Gasteiger partial charge in [-0.25, -0.2) is 14.4 Å². The van der Waals surface area contributed by atoms with Gasteiger partial charge >= 0.3 is 17.9 Å². The Bertz CT molecular complexity index is 3670. The van der Waals surface area contributed by atoms with Gasteiger partial charge in [0.05, 0.1) is 101 Å². The van der Waals surface area contributed by atoms with Gasteiger partial charge in [0, 0.05) is 58.8 Å². The van der Waals surface area contributed by atoms with Gasteiger partial charge in [-0.15, -0.1) is 0 Å². The second-order valence-electron chi connectivity index (χ2n) is 39.9. The Labute approximate surface area is 842 Å². The van der Waals surface area contributed by atoms with Gasteiger partial charge in [-0.05, 0) is 19.8 Å². The zero-order valence-electron chi connectivity index (χ0n) is 84.6. The summed E-state index contributed by atoms with van der Waals surface area (Å²) in [6, 6.07) is -7.20. The van der Waals surface area contributed by atoms with Crippen LogP contribution in [0.5, 0.6) is 0 Å². The van der Waals surface area contributed by atoms with Crippen molar-refractivity contribution in [3.63, 3.8) is 0 Å². The molecule has 6 aliphatic heterocycles. The molecule has 144 heavy (non-hydrogen) atoms.